The van der Waals surface area contributed by atoms with Crippen molar-refractivity contribution in [1.29, 1.82) is 0 Å². The summed E-state index contributed by atoms with van der Waals surface area (Å²) in [4.78, 5) is 2.33. The molecule has 1 aromatic heterocycles. The van der Waals surface area contributed by atoms with E-state index in [9.17, 15) is 5.11 Å². The Labute approximate surface area is 131 Å². The van der Waals surface area contributed by atoms with Crippen molar-refractivity contribution in [3.05, 3.63) is 52.8 Å². The smallest absolute Gasteiger partial charge is 0.0791 e. The molecule has 0 spiro atoms. The maximum Gasteiger partial charge on any atom is 0.0791 e. The van der Waals surface area contributed by atoms with E-state index in [1.165, 1.54) is 11.1 Å². The first-order valence-electron chi connectivity index (χ1n) is 7.89. The highest BCUT2D eigenvalue weighted by atomic mass is 16.3. The number of aryl methyl sites for hydroxylation is 1. The van der Waals surface area contributed by atoms with E-state index < -0.39 is 0 Å². The highest BCUT2D eigenvalue weighted by Crippen LogP contribution is 2.18. The van der Waals surface area contributed by atoms with Crippen LogP contribution in [0.3, 0.4) is 0 Å². The van der Waals surface area contributed by atoms with E-state index in [-0.39, 0.29) is 6.10 Å². The second kappa shape index (κ2) is 7.05. The molecule has 0 fully saturated rings. The first-order valence-corrected chi connectivity index (χ1v) is 7.89. The van der Waals surface area contributed by atoms with Gasteiger partial charge in [-0.05, 0) is 24.5 Å². The third kappa shape index (κ3) is 3.74. The topological polar surface area (TPSA) is 64.2 Å². The Morgan fingerprint density at radius 1 is 1.36 bits per heavy atom. The lowest BCUT2D eigenvalue weighted by molar-refractivity contribution is 0.104. The number of rotatable bonds is 6. The van der Waals surface area contributed by atoms with Gasteiger partial charge in [0, 0.05) is 44.0 Å². The van der Waals surface area contributed by atoms with E-state index in [4.69, 9.17) is 0 Å². The van der Waals surface area contributed by atoms with E-state index in [1.807, 2.05) is 13.1 Å². The second-order valence-electron chi connectivity index (χ2n) is 6.06. The summed E-state index contributed by atoms with van der Waals surface area (Å²) < 4.78 is 0. The third-order valence-electron chi connectivity index (χ3n) is 4.31. The summed E-state index contributed by atoms with van der Waals surface area (Å²) in [5.74, 6) is 0. The lowest BCUT2D eigenvalue weighted by atomic mass is 10.00. The minimum atomic E-state index is -0.350. The number of nitrogens with zero attached hydrogens (tertiary/aromatic N) is 2. The average Bonchev–Trinajstić information content (AvgIpc) is 2.92. The number of β-amino-alcohol motifs (C(OH)–C–C–N with tert-alkyl or cyclic N) is 1. The molecule has 1 aliphatic rings. The summed E-state index contributed by atoms with van der Waals surface area (Å²) in [6, 6.07) is 8.59. The van der Waals surface area contributed by atoms with Crippen molar-refractivity contribution in [3.63, 3.8) is 0 Å². The summed E-state index contributed by atoms with van der Waals surface area (Å²) in [5, 5.41) is 20.4. The first kappa shape index (κ1) is 15.2. The van der Waals surface area contributed by atoms with Crippen molar-refractivity contribution >= 4 is 0 Å². The molecule has 0 saturated heterocycles. The van der Waals surface area contributed by atoms with Crippen LogP contribution in [0.15, 0.2) is 30.5 Å². The normalized spacial score (nSPS) is 16.5. The number of hydrogen-bond acceptors (Lipinski definition) is 4. The molecule has 0 bridgehead atoms. The number of fused-ring (bicyclic) bond motifs is 1. The van der Waals surface area contributed by atoms with Gasteiger partial charge in [-0.15, -0.1) is 0 Å². The number of aromatic amines is 1. The van der Waals surface area contributed by atoms with Crippen LogP contribution in [0.4, 0.5) is 0 Å². The van der Waals surface area contributed by atoms with Gasteiger partial charge in [-0.25, -0.2) is 0 Å². The van der Waals surface area contributed by atoms with E-state index in [0.717, 1.165) is 37.3 Å². The standard InChI is InChI=1S/C17H24N4O/c1-13-16(9-19-20-13)8-18-10-17(22)12-21-7-6-14-4-2-3-5-15(14)11-21/h2-5,9,17-18,22H,6-8,10-12H2,1H3,(H,19,20). The molecular formula is C17H24N4O. The molecule has 0 aliphatic carbocycles. The predicted octanol–water partition coefficient (Wildman–Crippen LogP) is 1.23. The highest BCUT2D eigenvalue weighted by molar-refractivity contribution is 5.29. The average molecular weight is 300 g/mol. The van der Waals surface area contributed by atoms with Gasteiger partial charge in [0.25, 0.3) is 0 Å². The molecule has 0 radical (unpaired) electrons. The fourth-order valence-corrected chi connectivity index (χ4v) is 3.00. The number of benzene rings is 1. The van der Waals surface area contributed by atoms with Crippen LogP contribution in [0.1, 0.15) is 22.4 Å². The predicted molar refractivity (Wildman–Crippen MR) is 86.5 cm³/mol. The quantitative estimate of drug-likeness (QED) is 0.751. The maximum atomic E-state index is 10.2. The Balaban J connectivity index is 1.43. The van der Waals surface area contributed by atoms with E-state index in [2.05, 4.69) is 44.7 Å². The van der Waals surface area contributed by atoms with E-state index in [0.29, 0.717) is 13.1 Å². The molecule has 118 valence electrons. The van der Waals surface area contributed by atoms with Gasteiger partial charge >= 0.3 is 0 Å². The number of aliphatic hydroxyl groups excluding tert-OH is 1. The van der Waals surface area contributed by atoms with Crippen molar-refractivity contribution in [2.45, 2.75) is 32.5 Å². The number of aliphatic hydroxyl groups is 1. The van der Waals surface area contributed by atoms with Crippen LogP contribution in [0.25, 0.3) is 0 Å². The van der Waals surface area contributed by atoms with Crippen LogP contribution in [-0.2, 0) is 19.5 Å². The molecule has 1 aromatic carbocycles. The summed E-state index contributed by atoms with van der Waals surface area (Å²) >= 11 is 0. The Morgan fingerprint density at radius 3 is 2.95 bits per heavy atom. The number of nitrogens with one attached hydrogen (secondary N) is 2. The van der Waals surface area contributed by atoms with Gasteiger partial charge in [-0.2, -0.15) is 5.10 Å². The van der Waals surface area contributed by atoms with Crippen LogP contribution in [-0.4, -0.2) is 45.9 Å². The molecule has 3 rings (SSSR count). The zero-order valence-corrected chi connectivity index (χ0v) is 13.0. The van der Waals surface area contributed by atoms with Crippen molar-refractivity contribution in [1.82, 2.24) is 20.4 Å². The molecule has 3 N–H and O–H groups in total. The lowest BCUT2D eigenvalue weighted by Crippen LogP contribution is -2.40. The van der Waals surface area contributed by atoms with Gasteiger partial charge in [0.15, 0.2) is 0 Å². The molecule has 0 saturated carbocycles. The monoisotopic (exact) mass is 300 g/mol. The molecular weight excluding hydrogens is 276 g/mol. The van der Waals surface area contributed by atoms with Crippen LogP contribution in [0.2, 0.25) is 0 Å². The molecule has 2 heterocycles. The minimum Gasteiger partial charge on any atom is -0.390 e. The van der Waals surface area contributed by atoms with Crippen molar-refractivity contribution in [2.24, 2.45) is 0 Å². The molecule has 2 aromatic rings. The number of H-pyrrole nitrogens is 1. The van der Waals surface area contributed by atoms with Crippen molar-refractivity contribution < 1.29 is 5.11 Å². The lowest BCUT2D eigenvalue weighted by Gasteiger charge is -2.30. The van der Waals surface area contributed by atoms with E-state index in [1.54, 1.807) is 0 Å². The van der Waals surface area contributed by atoms with Gasteiger partial charge in [0.05, 0.1) is 12.3 Å². The zero-order valence-electron chi connectivity index (χ0n) is 13.0. The fraction of sp³-hybridized carbons (Fsp3) is 0.471. The summed E-state index contributed by atoms with van der Waals surface area (Å²) in [5.41, 5.74) is 5.07. The Hall–Kier alpha value is -1.69. The van der Waals surface area contributed by atoms with Crippen LogP contribution < -0.4 is 5.32 Å². The van der Waals surface area contributed by atoms with Gasteiger partial charge < -0.3 is 10.4 Å². The molecule has 1 atom stereocenters. The summed E-state index contributed by atoms with van der Waals surface area (Å²) in [6.45, 7) is 6.02. The van der Waals surface area contributed by atoms with Crippen LogP contribution >= 0.6 is 0 Å². The Bertz CT molecular complexity index is 610. The van der Waals surface area contributed by atoms with Crippen LogP contribution in [0, 0.1) is 6.92 Å². The molecule has 5 nitrogen and oxygen atoms in total. The third-order valence-corrected chi connectivity index (χ3v) is 4.31. The molecule has 22 heavy (non-hydrogen) atoms. The molecule has 5 heteroatoms. The molecule has 0 amide bonds. The number of aromatic nitrogens is 2. The van der Waals surface area contributed by atoms with Gasteiger partial charge in [-0.1, -0.05) is 24.3 Å². The SMILES string of the molecule is Cc1[nH]ncc1CNCC(O)CN1CCc2ccccc2C1. The number of hydrogen-bond donors (Lipinski definition) is 3. The first-order chi connectivity index (χ1) is 10.7. The Kier molecular flexibility index (Phi) is 4.87. The van der Waals surface area contributed by atoms with Gasteiger partial charge in [0.1, 0.15) is 0 Å². The summed E-state index contributed by atoms with van der Waals surface area (Å²) in [7, 11) is 0. The van der Waals surface area contributed by atoms with Gasteiger partial charge in [0.2, 0.25) is 0 Å². The largest absolute Gasteiger partial charge is 0.390 e. The van der Waals surface area contributed by atoms with Gasteiger partial charge in [-0.3, -0.25) is 10.00 Å². The minimum absolute atomic E-state index is 0.350. The van der Waals surface area contributed by atoms with E-state index >= 15 is 0 Å². The maximum absolute atomic E-state index is 10.2. The Morgan fingerprint density at radius 2 is 2.18 bits per heavy atom. The fourth-order valence-electron chi connectivity index (χ4n) is 3.00. The van der Waals surface area contributed by atoms with Crippen molar-refractivity contribution in [3.8, 4) is 0 Å². The zero-order chi connectivity index (χ0) is 15.4. The molecule has 1 unspecified atom stereocenters. The van der Waals surface area contributed by atoms with Crippen molar-refractivity contribution in [2.75, 3.05) is 19.6 Å². The highest BCUT2D eigenvalue weighted by Gasteiger charge is 2.18. The second-order valence-corrected chi connectivity index (χ2v) is 6.06. The molecule has 1 aliphatic heterocycles. The van der Waals surface area contributed by atoms with Crippen LogP contribution in [0.5, 0.6) is 0 Å². The summed E-state index contributed by atoms with van der Waals surface area (Å²) in [6.07, 6.45) is 2.55.